The number of benzene rings is 1. The van der Waals surface area contributed by atoms with Crippen LogP contribution in [0.2, 0.25) is 18.1 Å². The van der Waals surface area contributed by atoms with Crippen molar-refractivity contribution in [1.29, 1.82) is 0 Å². The predicted molar refractivity (Wildman–Crippen MR) is 91.1 cm³/mol. The molecular formula is C16H26N2O3Si. The first-order valence-electron chi connectivity index (χ1n) is 7.63. The van der Waals surface area contributed by atoms with Crippen LogP contribution < -0.4 is 15.5 Å². The fourth-order valence-corrected chi connectivity index (χ4v) is 3.34. The zero-order valence-corrected chi connectivity index (χ0v) is 15.0. The number of carbonyl (C=O) groups is 1. The molecule has 5 nitrogen and oxygen atoms in total. The minimum atomic E-state index is -2.00. The number of carboxylic acid groups (broad SMARTS) is 1. The Bertz CT molecular complexity index is 594. The van der Waals surface area contributed by atoms with Crippen LogP contribution in [0.4, 0.5) is 5.69 Å². The Morgan fingerprint density at radius 3 is 2.59 bits per heavy atom. The van der Waals surface area contributed by atoms with Crippen molar-refractivity contribution in [3.63, 3.8) is 0 Å². The Hall–Kier alpha value is -1.53. The van der Waals surface area contributed by atoms with E-state index in [-0.39, 0.29) is 11.2 Å². The second-order valence-corrected chi connectivity index (χ2v) is 12.1. The van der Waals surface area contributed by atoms with Crippen LogP contribution in [0.3, 0.4) is 0 Å². The first-order valence-corrected chi connectivity index (χ1v) is 10.5. The van der Waals surface area contributed by atoms with Gasteiger partial charge in [-0.05, 0) is 48.7 Å². The molecule has 1 aliphatic rings. The summed E-state index contributed by atoms with van der Waals surface area (Å²) in [4.78, 5) is 11.4. The van der Waals surface area contributed by atoms with Gasteiger partial charge in [-0.25, -0.2) is 4.79 Å². The Labute approximate surface area is 133 Å². The highest BCUT2D eigenvalue weighted by atomic mass is 28.4. The number of fused-ring (bicyclic) bond motifs is 1. The summed E-state index contributed by atoms with van der Waals surface area (Å²) in [6.07, 6.45) is 1.20. The fraction of sp³-hybridized carbons (Fsp3) is 0.562. The van der Waals surface area contributed by atoms with Crippen molar-refractivity contribution in [2.75, 3.05) is 5.32 Å². The van der Waals surface area contributed by atoms with E-state index in [1.807, 2.05) is 0 Å². The van der Waals surface area contributed by atoms with Gasteiger partial charge in [0.05, 0.1) is 17.4 Å². The van der Waals surface area contributed by atoms with Crippen molar-refractivity contribution < 1.29 is 14.3 Å². The van der Waals surface area contributed by atoms with Crippen molar-refractivity contribution >= 4 is 20.0 Å². The second-order valence-electron chi connectivity index (χ2n) is 7.42. The summed E-state index contributed by atoms with van der Waals surface area (Å²) in [6.45, 7) is 10.9. The molecule has 1 aromatic rings. The van der Waals surface area contributed by atoms with Gasteiger partial charge in [0.15, 0.2) is 0 Å². The molecular weight excluding hydrogens is 296 g/mol. The van der Waals surface area contributed by atoms with E-state index in [1.165, 1.54) is 0 Å². The number of anilines is 1. The summed E-state index contributed by atoms with van der Waals surface area (Å²) in [6, 6.07) is 3.40. The van der Waals surface area contributed by atoms with Crippen LogP contribution in [0.1, 0.15) is 43.1 Å². The molecule has 122 valence electrons. The van der Waals surface area contributed by atoms with Gasteiger partial charge in [-0.3, -0.25) is 0 Å². The van der Waals surface area contributed by atoms with Crippen molar-refractivity contribution in [2.24, 2.45) is 5.73 Å². The maximum atomic E-state index is 11.4. The zero-order chi connectivity index (χ0) is 16.7. The monoisotopic (exact) mass is 322 g/mol. The molecule has 0 bridgehead atoms. The molecule has 0 radical (unpaired) electrons. The number of aromatic carboxylic acids is 1. The molecule has 4 N–H and O–H groups in total. The van der Waals surface area contributed by atoms with Gasteiger partial charge in [-0.1, -0.05) is 20.8 Å². The van der Waals surface area contributed by atoms with Crippen molar-refractivity contribution in [1.82, 2.24) is 0 Å². The van der Waals surface area contributed by atoms with E-state index in [9.17, 15) is 9.90 Å². The van der Waals surface area contributed by atoms with E-state index in [0.717, 1.165) is 23.4 Å². The molecule has 0 saturated heterocycles. The molecule has 0 amide bonds. The molecule has 0 fully saturated rings. The van der Waals surface area contributed by atoms with Crippen molar-refractivity contribution in [2.45, 2.75) is 57.9 Å². The van der Waals surface area contributed by atoms with Crippen LogP contribution >= 0.6 is 0 Å². The average molecular weight is 322 g/mol. The van der Waals surface area contributed by atoms with E-state index < -0.39 is 14.3 Å². The Morgan fingerprint density at radius 2 is 2.05 bits per heavy atom. The summed E-state index contributed by atoms with van der Waals surface area (Å²) in [5.74, 6) is -0.186. The third kappa shape index (κ3) is 3.12. The molecule has 1 aromatic carbocycles. The van der Waals surface area contributed by atoms with E-state index >= 15 is 0 Å². The lowest BCUT2D eigenvalue weighted by Crippen LogP contribution is -2.44. The van der Waals surface area contributed by atoms with Gasteiger partial charge < -0.3 is 20.6 Å². The Morgan fingerprint density at radius 1 is 1.41 bits per heavy atom. The number of nitrogens with two attached hydrogens (primary N) is 1. The average Bonchev–Trinajstić information content (AvgIpc) is 2.37. The highest BCUT2D eigenvalue weighted by Crippen LogP contribution is 2.42. The van der Waals surface area contributed by atoms with Crippen LogP contribution in [0, 0.1) is 0 Å². The van der Waals surface area contributed by atoms with E-state index in [4.69, 9.17) is 10.2 Å². The van der Waals surface area contributed by atoms with Gasteiger partial charge in [0.25, 0.3) is 8.32 Å². The summed E-state index contributed by atoms with van der Waals surface area (Å²) >= 11 is 0. The molecule has 6 heteroatoms. The van der Waals surface area contributed by atoms with Gasteiger partial charge in [-0.15, -0.1) is 0 Å². The molecule has 0 aromatic heterocycles. The third-order valence-electron chi connectivity index (χ3n) is 4.71. The maximum Gasteiger partial charge on any atom is 0.336 e. The third-order valence-corrected chi connectivity index (χ3v) is 9.05. The second kappa shape index (κ2) is 5.59. The number of hydrogen-bond donors (Lipinski definition) is 3. The molecule has 1 heterocycles. The molecule has 1 unspecified atom stereocenters. The SMILES string of the molecule is CC(C)(C)[Si](C)(C)Oc1ccc(C(=O)O)c2c1NC(N)CC2. The number of nitrogens with one attached hydrogen (secondary N) is 1. The van der Waals surface area contributed by atoms with Gasteiger partial charge in [0.1, 0.15) is 5.75 Å². The first kappa shape index (κ1) is 16.8. The highest BCUT2D eigenvalue weighted by molar-refractivity contribution is 6.74. The van der Waals surface area contributed by atoms with Crippen LogP contribution in [-0.2, 0) is 6.42 Å². The summed E-state index contributed by atoms with van der Waals surface area (Å²) in [5, 5.41) is 12.6. The Balaban J connectivity index is 2.48. The molecule has 0 spiro atoms. The van der Waals surface area contributed by atoms with Gasteiger partial charge in [0, 0.05) is 0 Å². The van der Waals surface area contributed by atoms with Gasteiger partial charge >= 0.3 is 5.97 Å². The van der Waals surface area contributed by atoms with Crippen molar-refractivity contribution in [3.8, 4) is 5.75 Å². The molecule has 0 saturated carbocycles. The lowest BCUT2D eigenvalue weighted by Gasteiger charge is -2.38. The first-order chi connectivity index (χ1) is 10.0. The fourth-order valence-electron chi connectivity index (χ4n) is 2.32. The van der Waals surface area contributed by atoms with Crippen LogP contribution in [0.15, 0.2) is 12.1 Å². The predicted octanol–water partition coefficient (Wildman–Crippen LogP) is 3.41. The Kier molecular flexibility index (Phi) is 4.28. The smallest absolute Gasteiger partial charge is 0.336 e. The van der Waals surface area contributed by atoms with Gasteiger partial charge in [-0.2, -0.15) is 0 Å². The maximum absolute atomic E-state index is 11.4. The van der Waals surface area contributed by atoms with Gasteiger partial charge in [0.2, 0.25) is 0 Å². The summed E-state index contributed by atoms with van der Waals surface area (Å²) in [7, 11) is -2.00. The summed E-state index contributed by atoms with van der Waals surface area (Å²) in [5.41, 5.74) is 7.87. The van der Waals surface area contributed by atoms with Crippen LogP contribution in [0.25, 0.3) is 0 Å². The van der Waals surface area contributed by atoms with Crippen LogP contribution in [0.5, 0.6) is 5.75 Å². The molecule has 22 heavy (non-hydrogen) atoms. The lowest BCUT2D eigenvalue weighted by atomic mass is 9.96. The lowest BCUT2D eigenvalue weighted by molar-refractivity contribution is 0.0695. The standard InChI is InChI=1S/C16H26N2O3Si/c1-16(2,3)22(4,5)21-12-8-6-11(15(19)20)10-7-9-13(17)18-14(10)12/h6,8,13,18H,7,9,17H2,1-5H3,(H,19,20). The number of carboxylic acids is 1. The zero-order valence-electron chi connectivity index (χ0n) is 14.0. The quantitative estimate of drug-likeness (QED) is 0.743. The van der Waals surface area contributed by atoms with E-state index in [0.29, 0.717) is 12.0 Å². The van der Waals surface area contributed by atoms with Crippen molar-refractivity contribution in [3.05, 3.63) is 23.3 Å². The number of hydrogen-bond acceptors (Lipinski definition) is 4. The van der Waals surface area contributed by atoms with Crippen LogP contribution in [-0.4, -0.2) is 25.6 Å². The topological polar surface area (TPSA) is 84.6 Å². The van der Waals surface area contributed by atoms with E-state index in [1.54, 1.807) is 12.1 Å². The molecule has 1 atom stereocenters. The number of rotatable bonds is 3. The molecule has 1 aliphatic heterocycles. The highest BCUT2D eigenvalue weighted by Gasteiger charge is 2.40. The largest absolute Gasteiger partial charge is 0.542 e. The normalized spacial score (nSPS) is 18.4. The molecule has 0 aliphatic carbocycles. The summed E-state index contributed by atoms with van der Waals surface area (Å²) < 4.78 is 6.38. The minimum Gasteiger partial charge on any atom is -0.542 e. The van der Waals surface area contributed by atoms with E-state index in [2.05, 4.69) is 39.2 Å². The minimum absolute atomic E-state index is 0.0716. The molecule has 2 rings (SSSR count).